The van der Waals surface area contributed by atoms with Gasteiger partial charge in [0, 0.05) is 48.5 Å². The SMILES string of the molecule is O=C(Nc1c2c(cc3c1CCC3)CCC2)NS(=O)(=O)N(c1cncnc1)C1CCOCC1.[Na]. The first-order chi connectivity index (χ1) is 15.5. The van der Waals surface area contributed by atoms with Crippen LogP contribution in [0.15, 0.2) is 24.8 Å². The molecule has 2 N–H and O–H groups in total. The predicted octanol–water partition coefficient (Wildman–Crippen LogP) is 2.13. The van der Waals surface area contributed by atoms with Gasteiger partial charge >= 0.3 is 16.2 Å². The first kappa shape index (κ1) is 24.4. The first-order valence-corrected chi connectivity index (χ1v) is 12.6. The minimum Gasteiger partial charge on any atom is -0.381 e. The zero-order chi connectivity index (χ0) is 22.1. The van der Waals surface area contributed by atoms with Crippen molar-refractivity contribution in [2.75, 3.05) is 22.8 Å². The molecule has 1 aromatic heterocycles. The number of aryl methyl sites for hydroxylation is 2. The Balaban J connectivity index is 0.00000259. The van der Waals surface area contributed by atoms with Crippen LogP contribution in [0.4, 0.5) is 16.2 Å². The number of ether oxygens (including phenoxy) is 1. The molecule has 1 aliphatic heterocycles. The molecule has 1 radical (unpaired) electrons. The molecule has 0 spiro atoms. The van der Waals surface area contributed by atoms with Crippen LogP contribution >= 0.6 is 0 Å². The number of carbonyl (C=O) groups excluding carboxylic acids is 1. The van der Waals surface area contributed by atoms with Crippen LogP contribution in [0.1, 0.15) is 47.9 Å². The van der Waals surface area contributed by atoms with Crippen LogP contribution in [0.3, 0.4) is 0 Å². The van der Waals surface area contributed by atoms with E-state index in [2.05, 4.69) is 26.1 Å². The number of urea groups is 1. The summed E-state index contributed by atoms with van der Waals surface area (Å²) in [7, 11) is -4.19. The average Bonchev–Trinajstić information content (AvgIpc) is 3.44. The zero-order valence-electron chi connectivity index (χ0n) is 18.8. The molecule has 3 aliphatic rings. The van der Waals surface area contributed by atoms with E-state index in [0.29, 0.717) is 31.7 Å². The van der Waals surface area contributed by atoms with E-state index >= 15 is 0 Å². The van der Waals surface area contributed by atoms with Gasteiger partial charge in [0.15, 0.2) is 0 Å². The van der Waals surface area contributed by atoms with Gasteiger partial charge in [0.1, 0.15) is 6.33 Å². The molecule has 33 heavy (non-hydrogen) atoms. The second-order valence-electron chi connectivity index (χ2n) is 8.53. The summed E-state index contributed by atoms with van der Waals surface area (Å²) >= 11 is 0. The van der Waals surface area contributed by atoms with Crippen LogP contribution in [0.5, 0.6) is 0 Å². The van der Waals surface area contributed by atoms with Gasteiger partial charge in [-0.15, -0.1) is 0 Å². The molecule has 2 amide bonds. The fourth-order valence-corrected chi connectivity index (χ4v) is 6.50. The van der Waals surface area contributed by atoms with E-state index in [1.54, 1.807) is 0 Å². The van der Waals surface area contributed by atoms with Crippen molar-refractivity contribution in [3.63, 3.8) is 0 Å². The molecule has 0 saturated carbocycles. The molecule has 171 valence electrons. The summed E-state index contributed by atoms with van der Waals surface area (Å²) in [6.45, 7) is 0.914. The third-order valence-corrected chi connectivity index (χ3v) is 7.99. The molecule has 0 bridgehead atoms. The maximum absolute atomic E-state index is 13.4. The Kier molecular flexibility index (Phi) is 7.59. The number of amides is 2. The van der Waals surface area contributed by atoms with Crippen LogP contribution in [0.2, 0.25) is 0 Å². The fourth-order valence-electron chi connectivity index (χ4n) is 5.14. The molecule has 2 aliphatic carbocycles. The second-order valence-corrected chi connectivity index (χ2v) is 10.1. The number of aromatic nitrogens is 2. The van der Waals surface area contributed by atoms with Gasteiger partial charge in [-0.1, -0.05) is 6.07 Å². The van der Waals surface area contributed by atoms with Crippen molar-refractivity contribution < 1.29 is 17.9 Å². The van der Waals surface area contributed by atoms with Crippen LogP contribution in [-0.2, 0) is 40.6 Å². The second kappa shape index (κ2) is 10.3. The fraction of sp³-hybridized carbons (Fsp3) is 0.500. The first-order valence-electron chi connectivity index (χ1n) is 11.2. The Morgan fingerprint density at radius 1 is 1.00 bits per heavy atom. The minimum absolute atomic E-state index is 0. The van der Waals surface area contributed by atoms with Crippen molar-refractivity contribution in [3.05, 3.63) is 47.0 Å². The van der Waals surface area contributed by atoms with Crippen molar-refractivity contribution in [1.82, 2.24) is 14.7 Å². The summed E-state index contributed by atoms with van der Waals surface area (Å²) in [4.78, 5) is 20.9. The Hall–Kier alpha value is -1.72. The molecule has 5 rings (SSSR count). The number of hydrogen-bond acceptors (Lipinski definition) is 6. The zero-order valence-corrected chi connectivity index (χ0v) is 21.7. The van der Waals surface area contributed by atoms with Gasteiger partial charge in [-0.05, 0) is 73.6 Å². The Morgan fingerprint density at radius 3 is 2.21 bits per heavy atom. The molecule has 0 unspecified atom stereocenters. The van der Waals surface area contributed by atoms with Crippen LogP contribution < -0.4 is 14.3 Å². The number of nitrogens with one attached hydrogen (secondary N) is 2. The number of anilines is 2. The maximum Gasteiger partial charge on any atom is 0.334 e. The van der Waals surface area contributed by atoms with Gasteiger partial charge in [-0.2, -0.15) is 8.42 Å². The number of nitrogens with zero attached hydrogens (tertiary/aromatic N) is 3. The van der Waals surface area contributed by atoms with Crippen LogP contribution in [-0.4, -0.2) is 73.2 Å². The third kappa shape index (κ3) is 5.05. The van der Waals surface area contributed by atoms with Crippen molar-refractivity contribution in [3.8, 4) is 0 Å². The van der Waals surface area contributed by atoms with Gasteiger partial charge in [-0.25, -0.2) is 23.8 Å². The average molecular weight is 481 g/mol. The van der Waals surface area contributed by atoms with Crippen molar-refractivity contribution in [2.24, 2.45) is 0 Å². The Morgan fingerprint density at radius 2 is 1.61 bits per heavy atom. The Bertz CT molecular complexity index is 1090. The summed E-state index contributed by atoms with van der Waals surface area (Å²) in [5, 5.41) is 2.90. The molecule has 1 aromatic carbocycles. The molecule has 0 atom stereocenters. The molecule has 9 nitrogen and oxygen atoms in total. The van der Waals surface area contributed by atoms with Gasteiger partial charge in [-0.3, -0.25) is 0 Å². The van der Waals surface area contributed by atoms with Gasteiger partial charge in [0.25, 0.3) is 0 Å². The van der Waals surface area contributed by atoms with Crippen molar-refractivity contribution in [2.45, 2.75) is 57.4 Å². The van der Waals surface area contributed by atoms with E-state index < -0.39 is 16.2 Å². The molecule has 1 saturated heterocycles. The molecular formula is C22H27N5NaO4S. The standard InChI is InChI=1S/C22H27N5O4S.Na/c28-22(25-21-19-5-1-3-15(19)11-16-4-2-6-20(16)21)26-32(29,30)27(17-7-9-31-10-8-17)18-12-23-14-24-13-18;/h11-14,17H,1-10H2,(H2,25,26,28);. The smallest absolute Gasteiger partial charge is 0.334 e. The van der Waals surface area contributed by atoms with E-state index in [-0.39, 0.29) is 35.6 Å². The van der Waals surface area contributed by atoms with E-state index in [1.165, 1.54) is 34.2 Å². The molecule has 2 aromatic rings. The van der Waals surface area contributed by atoms with Gasteiger partial charge in [0.2, 0.25) is 0 Å². The van der Waals surface area contributed by atoms with E-state index in [0.717, 1.165) is 55.3 Å². The van der Waals surface area contributed by atoms with Crippen molar-refractivity contribution in [1.29, 1.82) is 0 Å². The predicted molar refractivity (Wildman–Crippen MR) is 126 cm³/mol. The molecule has 2 heterocycles. The number of fused-ring (bicyclic) bond motifs is 2. The normalized spacial score (nSPS) is 17.6. The number of benzene rings is 1. The Labute approximate surface area is 216 Å². The van der Waals surface area contributed by atoms with Gasteiger partial charge < -0.3 is 10.1 Å². The maximum atomic E-state index is 13.4. The summed E-state index contributed by atoms with van der Waals surface area (Å²) < 4.78 is 35.6. The van der Waals surface area contributed by atoms with E-state index in [4.69, 9.17) is 4.74 Å². The summed E-state index contributed by atoms with van der Waals surface area (Å²) in [5.41, 5.74) is 5.97. The quantitative estimate of drug-likeness (QED) is 0.634. The van der Waals surface area contributed by atoms with E-state index in [9.17, 15) is 13.2 Å². The monoisotopic (exact) mass is 480 g/mol. The third-order valence-electron chi connectivity index (χ3n) is 6.52. The number of rotatable bonds is 5. The number of hydrogen-bond donors (Lipinski definition) is 2. The molecule has 1 fully saturated rings. The van der Waals surface area contributed by atoms with Crippen LogP contribution in [0, 0.1) is 0 Å². The topological polar surface area (TPSA) is 114 Å². The largest absolute Gasteiger partial charge is 0.381 e. The van der Waals surface area contributed by atoms with Crippen molar-refractivity contribution >= 4 is 57.2 Å². The summed E-state index contributed by atoms with van der Waals surface area (Å²) in [5.74, 6) is 0. The number of carbonyl (C=O) groups is 1. The summed E-state index contributed by atoms with van der Waals surface area (Å²) in [6, 6.07) is 1.19. The molecular weight excluding hydrogens is 453 g/mol. The molecule has 11 heteroatoms. The van der Waals surface area contributed by atoms with Crippen LogP contribution in [0.25, 0.3) is 0 Å². The minimum atomic E-state index is -4.19. The summed E-state index contributed by atoms with van der Waals surface area (Å²) in [6.07, 6.45) is 11.2. The van der Waals surface area contributed by atoms with Gasteiger partial charge in [0.05, 0.1) is 24.1 Å². The van der Waals surface area contributed by atoms with E-state index in [1.807, 2.05) is 0 Å².